The van der Waals surface area contributed by atoms with Crippen LogP contribution in [0.1, 0.15) is 45.6 Å². The van der Waals surface area contributed by atoms with Gasteiger partial charge in [-0.2, -0.15) is 0 Å². The molecule has 0 bridgehead atoms. The van der Waals surface area contributed by atoms with Crippen molar-refractivity contribution in [3.63, 3.8) is 0 Å². The molecule has 1 saturated heterocycles. The Balaban J connectivity index is 1.60. The number of H-pyrrole nitrogens is 1. The molecule has 3 atom stereocenters. The molecule has 2 heterocycles. The lowest BCUT2D eigenvalue weighted by molar-refractivity contribution is -0.115. The normalized spacial score (nSPS) is 20.3. The second kappa shape index (κ2) is 11.0. The summed E-state index contributed by atoms with van der Waals surface area (Å²) in [5, 5.41) is 21.1. The number of likely N-dealkylation sites (N-methyl/N-ethyl adjacent to an activating group) is 1. The van der Waals surface area contributed by atoms with E-state index in [1.807, 2.05) is 23.2 Å². The molecule has 32 heavy (non-hydrogen) atoms. The molecule has 1 unspecified atom stereocenters. The first-order valence-electron chi connectivity index (χ1n) is 11.5. The number of hydrogen-bond acceptors (Lipinski definition) is 5. The van der Waals surface area contributed by atoms with Crippen LogP contribution in [0.2, 0.25) is 0 Å². The summed E-state index contributed by atoms with van der Waals surface area (Å²) in [6, 6.07) is 8.80. The van der Waals surface area contributed by atoms with Crippen molar-refractivity contribution < 1.29 is 4.79 Å². The number of carbonyl (C=O) groups is 1. The van der Waals surface area contributed by atoms with Crippen LogP contribution in [0.25, 0.3) is 10.9 Å². The summed E-state index contributed by atoms with van der Waals surface area (Å²) < 4.78 is 0. The van der Waals surface area contributed by atoms with E-state index in [-0.39, 0.29) is 16.3 Å². The highest BCUT2D eigenvalue weighted by Gasteiger charge is 2.29. The number of benzene rings is 1. The van der Waals surface area contributed by atoms with Crippen molar-refractivity contribution in [3.8, 4) is 0 Å². The van der Waals surface area contributed by atoms with Gasteiger partial charge in [0.1, 0.15) is 0 Å². The predicted octanol–water partition coefficient (Wildman–Crippen LogP) is 4.06. The van der Waals surface area contributed by atoms with E-state index in [0.717, 1.165) is 56.1 Å². The zero-order valence-electron chi connectivity index (χ0n) is 19.6. The van der Waals surface area contributed by atoms with E-state index < -0.39 is 5.91 Å². The molecular formula is C24H36N6OS. The molecule has 174 valence electrons. The third-order valence-electron chi connectivity index (χ3n) is 6.43. The number of para-hydroxylation sites is 1. The Morgan fingerprint density at radius 2 is 1.94 bits per heavy atom. The Labute approximate surface area is 195 Å². The Hall–Kier alpha value is -2.32. The fraction of sp³-hybridized carbons (Fsp3) is 0.542. The van der Waals surface area contributed by atoms with Crippen molar-refractivity contribution >= 4 is 38.8 Å². The van der Waals surface area contributed by atoms with Crippen LogP contribution in [0.3, 0.4) is 0 Å². The van der Waals surface area contributed by atoms with Crippen LogP contribution >= 0.6 is 11.8 Å². The third kappa shape index (κ3) is 5.92. The van der Waals surface area contributed by atoms with Gasteiger partial charge in [-0.15, -0.1) is 0 Å². The van der Waals surface area contributed by atoms with Gasteiger partial charge in [-0.05, 0) is 57.1 Å². The summed E-state index contributed by atoms with van der Waals surface area (Å²) in [7, 11) is 2.10. The molecule has 1 aromatic carbocycles. The van der Waals surface area contributed by atoms with E-state index in [1.165, 1.54) is 10.9 Å². The maximum absolute atomic E-state index is 12.8. The number of fused-ring (bicyclic) bond motifs is 1. The monoisotopic (exact) mass is 456 g/mol. The maximum atomic E-state index is 12.8. The number of rotatable bonds is 6. The number of nitrogens with zero attached hydrogens (tertiary/aromatic N) is 2. The van der Waals surface area contributed by atoms with Gasteiger partial charge in [-0.3, -0.25) is 20.5 Å². The molecule has 0 radical (unpaired) electrons. The molecule has 1 fully saturated rings. The molecule has 1 aliphatic heterocycles. The van der Waals surface area contributed by atoms with E-state index in [1.54, 1.807) is 0 Å². The number of carbonyl (C=O) groups excluding carboxylic acids is 1. The van der Waals surface area contributed by atoms with Gasteiger partial charge in [0, 0.05) is 48.3 Å². The van der Waals surface area contributed by atoms with Crippen LogP contribution in [0.15, 0.2) is 30.5 Å². The number of nitrogens with one attached hydrogen (secondary N) is 4. The van der Waals surface area contributed by atoms with Gasteiger partial charge < -0.3 is 15.2 Å². The Morgan fingerprint density at radius 1 is 1.25 bits per heavy atom. The van der Waals surface area contributed by atoms with Crippen LogP contribution in [0, 0.1) is 10.8 Å². The van der Waals surface area contributed by atoms with Crippen molar-refractivity contribution in [2.45, 2.75) is 64.6 Å². The standard InChI is InChI=1S/C24H36N6OS/c1-5-6-9-19(12-18-13-27-21-11-8-7-10-20(18)21)28-23(31)22(25)32-24(26)30-14-16(2)29(4)17(3)15-30/h7-8,10-11,13,16-17,19,25-27H,5-6,9,12,14-15H2,1-4H3,(H,28,31)/t16-,17+,19?. The van der Waals surface area contributed by atoms with Gasteiger partial charge in [-0.25, -0.2) is 0 Å². The Kier molecular flexibility index (Phi) is 8.37. The molecule has 4 N–H and O–H groups in total. The molecule has 8 heteroatoms. The van der Waals surface area contributed by atoms with Gasteiger partial charge in [0.25, 0.3) is 5.91 Å². The average Bonchev–Trinajstić information content (AvgIpc) is 3.18. The highest BCUT2D eigenvalue weighted by atomic mass is 32.2. The number of amides is 1. The molecular weight excluding hydrogens is 420 g/mol. The Bertz CT molecular complexity index is 945. The van der Waals surface area contributed by atoms with Crippen LogP contribution in [0.5, 0.6) is 0 Å². The topological polar surface area (TPSA) is 99.1 Å². The number of hydrogen-bond donors (Lipinski definition) is 4. The summed E-state index contributed by atoms with van der Waals surface area (Å²) in [6.07, 6.45) is 5.67. The fourth-order valence-corrected chi connectivity index (χ4v) is 4.89. The highest BCUT2D eigenvalue weighted by Crippen LogP contribution is 2.21. The molecule has 1 aliphatic rings. The molecule has 2 aromatic rings. The zero-order chi connectivity index (χ0) is 23.3. The SMILES string of the molecule is CCCCC(Cc1c[nH]c2ccccc12)NC(=O)C(=N)SC(=N)N1C[C@@H](C)N(C)[C@@H](C)C1. The number of aromatic amines is 1. The van der Waals surface area contributed by atoms with Gasteiger partial charge in [-0.1, -0.05) is 38.0 Å². The van der Waals surface area contributed by atoms with Crippen LogP contribution < -0.4 is 5.32 Å². The minimum atomic E-state index is -0.393. The molecule has 3 rings (SSSR count). The number of amidine groups is 1. The first-order chi connectivity index (χ1) is 15.3. The number of aromatic nitrogens is 1. The van der Waals surface area contributed by atoms with Crippen LogP contribution in [-0.2, 0) is 11.2 Å². The molecule has 0 spiro atoms. The summed E-state index contributed by atoms with van der Waals surface area (Å²) >= 11 is 0.952. The lowest BCUT2D eigenvalue weighted by Crippen LogP contribution is -2.56. The first-order valence-corrected chi connectivity index (χ1v) is 12.3. The van der Waals surface area contributed by atoms with E-state index in [4.69, 9.17) is 10.8 Å². The quantitative estimate of drug-likeness (QED) is 0.389. The third-order valence-corrected chi connectivity index (χ3v) is 7.28. The average molecular weight is 457 g/mol. The number of thioether (sulfide) groups is 1. The first kappa shape index (κ1) is 24.3. The smallest absolute Gasteiger partial charge is 0.276 e. The molecule has 0 saturated carbocycles. The molecule has 7 nitrogen and oxygen atoms in total. The van der Waals surface area contributed by atoms with Crippen molar-refractivity contribution in [1.82, 2.24) is 20.1 Å². The van der Waals surface area contributed by atoms with Gasteiger partial charge in [0.2, 0.25) is 0 Å². The van der Waals surface area contributed by atoms with E-state index in [2.05, 4.69) is 55.2 Å². The molecule has 1 amide bonds. The second-order valence-electron chi connectivity index (χ2n) is 8.88. The van der Waals surface area contributed by atoms with E-state index >= 15 is 0 Å². The molecule has 0 aliphatic carbocycles. The number of piperazine rings is 1. The van der Waals surface area contributed by atoms with E-state index in [9.17, 15) is 4.79 Å². The van der Waals surface area contributed by atoms with Gasteiger partial charge >= 0.3 is 0 Å². The van der Waals surface area contributed by atoms with Gasteiger partial charge in [0.05, 0.1) is 0 Å². The largest absolute Gasteiger partial charge is 0.361 e. The number of unbranched alkanes of at least 4 members (excludes halogenated alkanes) is 1. The predicted molar refractivity (Wildman–Crippen MR) is 135 cm³/mol. The summed E-state index contributed by atoms with van der Waals surface area (Å²) in [5.41, 5.74) is 2.27. The van der Waals surface area contributed by atoms with Crippen LogP contribution in [-0.4, -0.2) is 69.2 Å². The molecule has 1 aromatic heterocycles. The highest BCUT2D eigenvalue weighted by molar-refractivity contribution is 8.27. The van der Waals surface area contributed by atoms with Gasteiger partial charge in [0.15, 0.2) is 10.2 Å². The summed E-state index contributed by atoms with van der Waals surface area (Å²) in [6.45, 7) is 7.90. The summed E-state index contributed by atoms with van der Waals surface area (Å²) in [4.78, 5) is 20.4. The minimum Gasteiger partial charge on any atom is -0.361 e. The zero-order valence-corrected chi connectivity index (χ0v) is 20.4. The minimum absolute atomic E-state index is 0.0412. The Morgan fingerprint density at radius 3 is 2.62 bits per heavy atom. The second-order valence-corrected chi connectivity index (χ2v) is 9.88. The lowest BCUT2D eigenvalue weighted by Gasteiger charge is -2.43. The summed E-state index contributed by atoms with van der Waals surface area (Å²) in [5.74, 6) is -0.393. The lowest BCUT2D eigenvalue weighted by atomic mass is 10.0. The van der Waals surface area contributed by atoms with E-state index in [0.29, 0.717) is 12.1 Å². The van der Waals surface area contributed by atoms with Crippen molar-refractivity contribution in [3.05, 3.63) is 36.0 Å². The maximum Gasteiger partial charge on any atom is 0.276 e. The van der Waals surface area contributed by atoms with Crippen molar-refractivity contribution in [2.24, 2.45) is 0 Å². The fourth-order valence-electron chi connectivity index (χ4n) is 4.27. The van der Waals surface area contributed by atoms with Crippen molar-refractivity contribution in [1.29, 1.82) is 10.8 Å². The van der Waals surface area contributed by atoms with Crippen LogP contribution in [0.4, 0.5) is 0 Å². The van der Waals surface area contributed by atoms with Crippen molar-refractivity contribution in [2.75, 3.05) is 20.1 Å².